The number of carbonyl (C=O) groups excluding carboxylic acids is 1. The molecule has 4 rings (SSSR count). The first kappa shape index (κ1) is 14.2. The molecule has 118 valence electrons. The molecule has 1 aliphatic heterocycles. The highest BCUT2D eigenvalue weighted by Gasteiger charge is 2.72. The minimum atomic E-state index is -3.52. The van der Waals surface area contributed by atoms with E-state index in [1.54, 1.807) is 24.3 Å². The summed E-state index contributed by atoms with van der Waals surface area (Å²) in [6.07, 6.45) is 2.84. The van der Waals surface area contributed by atoms with Gasteiger partial charge in [-0.3, -0.25) is 4.79 Å². The van der Waals surface area contributed by atoms with Gasteiger partial charge in [-0.25, -0.2) is 12.7 Å². The second kappa shape index (κ2) is 4.13. The lowest BCUT2D eigenvalue weighted by Gasteiger charge is -2.37. The second-order valence-electron chi connectivity index (χ2n) is 7.59. The van der Waals surface area contributed by atoms with Gasteiger partial charge in [0.05, 0.1) is 11.8 Å². The van der Waals surface area contributed by atoms with Crippen molar-refractivity contribution >= 4 is 15.9 Å². The maximum Gasteiger partial charge on any atom is 0.267 e. The second-order valence-corrected chi connectivity index (χ2v) is 9.43. The molecular weight excluding hydrogens is 298 g/mol. The van der Waals surface area contributed by atoms with Crippen LogP contribution in [0.2, 0.25) is 0 Å². The van der Waals surface area contributed by atoms with Crippen LogP contribution >= 0.6 is 0 Å². The molecule has 4 nitrogen and oxygen atoms in total. The van der Waals surface area contributed by atoms with Gasteiger partial charge in [0.2, 0.25) is 10.0 Å². The number of hydrogen-bond donors (Lipinski definition) is 0. The van der Waals surface area contributed by atoms with E-state index in [2.05, 4.69) is 13.8 Å². The summed E-state index contributed by atoms with van der Waals surface area (Å²) in [5.74, 6) is 0.303. The van der Waals surface area contributed by atoms with E-state index in [0.717, 1.165) is 19.3 Å². The van der Waals surface area contributed by atoms with E-state index < -0.39 is 10.0 Å². The molecule has 3 atom stereocenters. The predicted octanol–water partition coefficient (Wildman–Crippen LogP) is 2.67. The first-order valence-electron chi connectivity index (χ1n) is 7.91. The maximum atomic E-state index is 12.8. The molecule has 1 spiro atoms. The summed E-state index contributed by atoms with van der Waals surface area (Å²) >= 11 is 0. The molecular formula is C17H21NO3S. The van der Waals surface area contributed by atoms with E-state index in [-0.39, 0.29) is 28.5 Å². The molecule has 2 bridgehead atoms. The summed E-state index contributed by atoms with van der Waals surface area (Å²) in [7, 11) is -3.52. The standard InChI is InChI=1S/C17H21NO3S/c1-16(2)13-8-9-17(16)11-22(20,21)18(14(17)10-13)15(19)12-6-4-3-5-7-12/h3-7,13-14H,8-11H2,1-2H3. The Labute approximate surface area is 131 Å². The zero-order chi connectivity index (χ0) is 15.8. The molecule has 1 saturated heterocycles. The van der Waals surface area contributed by atoms with E-state index in [1.165, 1.54) is 4.31 Å². The Morgan fingerprint density at radius 3 is 2.55 bits per heavy atom. The average molecular weight is 319 g/mol. The third-order valence-electron chi connectivity index (χ3n) is 6.63. The summed E-state index contributed by atoms with van der Waals surface area (Å²) in [5, 5.41) is 0. The Morgan fingerprint density at radius 2 is 1.91 bits per heavy atom. The summed E-state index contributed by atoms with van der Waals surface area (Å²) in [5.41, 5.74) is 0.209. The fraction of sp³-hybridized carbons (Fsp3) is 0.588. The van der Waals surface area contributed by atoms with Crippen LogP contribution in [0.4, 0.5) is 0 Å². The Hall–Kier alpha value is -1.36. The number of carbonyl (C=O) groups is 1. The van der Waals surface area contributed by atoms with Crippen molar-refractivity contribution in [2.24, 2.45) is 16.7 Å². The Morgan fingerprint density at radius 1 is 1.23 bits per heavy atom. The first-order valence-corrected chi connectivity index (χ1v) is 9.52. The van der Waals surface area contributed by atoms with Gasteiger partial charge >= 0.3 is 0 Å². The molecule has 0 radical (unpaired) electrons. The highest BCUT2D eigenvalue weighted by atomic mass is 32.2. The van der Waals surface area contributed by atoms with Gasteiger partial charge in [0.25, 0.3) is 5.91 Å². The number of fused-ring (bicyclic) bond motifs is 1. The van der Waals surface area contributed by atoms with Crippen molar-refractivity contribution in [3.8, 4) is 0 Å². The van der Waals surface area contributed by atoms with Gasteiger partial charge in [-0.1, -0.05) is 32.0 Å². The normalized spacial score (nSPS) is 37.3. The van der Waals surface area contributed by atoms with Crippen LogP contribution < -0.4 is 0 Å². The Balaban J connectivity index is 1.80. The van der Waals surface area contributed by atoms with Gasteiger partial charge in [-0.15, -0.1) is 0 Å². The van der Waals surface area contributed by atoms with E-state index in [0.29, 0.717) is 11.5 Å². The number of sulfonamides is 1. The fourth-order valence-electron chi connectivity index (χ4n) is 5.26. The minimum Gasteiger partial charge on any atom is -0.268 e. The molecule has 3 unspecified atom stereocenters. The van der Waals surface area contributed by atoms with Gasteiger partial charge in [-0.05, 0) is 42.7 Å². The molecule has 2 saturated carbocycles. The van der Waals surface area contributed by atoms with E-state index in [9.17, 15) is 13.2 Å². The quantitative estimate of drug-likeness (QED) is 0.799. The van der Waals surface area contributed by atoms with E-state index in [4.69, 9.17) is 0 Å². The van der Waals surface area contributed by atoms with Crippen molar-refractivity contribution in [3.63, 3.8) is 0 Å². The minimum absolute atomic E-state index is 0.00352. The van der Waals surface area contributed by atoms with Crippen molar-refractivity contribution in [1.29, 1.82) is 0 Å². The fourth-order valence-corrected chi connectivity index (χ4v) is 7.80. The lowest BCUT2D eigenvalue weighted by molar-refractivity contribution is 0.0701. The molecule has 1 aromatic carbocycles. The van der Waals surface area contributed by atoms with Crippen molar-refractivity contribution in [1.82, 2.24) is 4.31 Å². The number of nitrogens with zero attached hydrogens (tertiary/aromatic N) is 1. The monoisotopic (exact) mass is 319 g/mol. The van der Waals surface area contributed by atoms with Crippen LogP contribution in [0.15, 0.2) is 30.3 Å². The summed E-state index contributed by atoms with van der Waals surface area (Å²) in [6.45, 7) is 4.38. The molecule has 1 heterocycles. The van der Waals surface area contributed by atoms with Gasteiger partial charge in [0.1, 0.15) is 0 Å². The van der Waals surface area contributed by atoms with Crippen LogP contribution in [0.5, 0.6) is 0 Å². The van der Waals surface area contributed by atoms with Gasteiger partial charge < -0.3 is 0 Å². The number of rotatable bonds is 1. The first-order chi connectivity index (χ1) is 10.3. The number of benzene rings is 1. The molecule has 22 heavy (non-hydrogen) atoms. The number of amides is 1. The zero-order valence-electron chi connectivity index (χ0n) is 13.0. The van der Waals surface area contributed by atoms with Crippen LogP contribution in [-0.4, -0.2) is 30.4 Å². The molecule has 3 aliphatic rings. The molecule has 5 heteroatoms. The highest BCUT2D eigenvalue weighted by molar-refractivity contribution is 7.90. The van der Waals surface area contributed by atoms with Crippen molar-refractivity contribution in [2.45, 2.75) is 39.2 Å². The molecule has 0 N–H and O–H groups in total. The third kappa shape index (κ3) is 1.53. The smallest absolute Gasteiger partial charge is 0.267 e. The molecule has 1 amide bonds. The van der Waals surface area contributed by atoms with Crippen LogP contribution in [0.3, 0.4) is 0 Å². The lowest BCUT2D eigenvalue weighted by Crippen LogP contribution is -2.44. The van der Waals surface area contributed by atoms with Crippen LogP contribution in [-0.2, 0) is 10.0 Å². The lowest BCUT2D eigenvalue weighted by atomic mass is 9.69. The molecule has 2 aliphatic carbocycles. The van der Waals surface area contributed by atoms with Crippen molar-refractivity contribution < 1.29 is 13.2 Å². The van der Waals surface area contributed by atoms with Gasteiger partial charge in [0, 0.05) is 11.0 Å². The average Bonchev–Trinajstić information content (AvgIpc) is 2.94. The van der Waals surface area contributed by atoms with Crippen LogP contribution in [0.25, 0.3) is 0 Å². The Kier molecular flexibility index (Phi) is 2.68. The SMILES string of the molecule is CC1(C)C2CCC13CS(=O)(=O)N(C(=O)c1ccccc1)C3C2. The van der Waals surface area contributed by atoms with Crippen LogP contribution in [0.1, 0.15) is 43.5 Å². The highest BCUT2D eigenvalue weighted by Crippen LogP contribution is 2.70. The summed E-state index contributed by atoms with van der Waals surface area (Å²) < 4.78 is 26.8. The zero-order valence-corrected chi connectivity index (χ0v) is 13.8. The van der Waals surface area contributed by atoms with Crippen molar-refractivity contribution in [2.75, 3.05) is 5.75 Å². The Bertz CT molecular complexity index is 740. The van der Waals surface area contributed by atoms with Crippen LogP contribution in [0, 0.1) is 16.7 Å². The van der Waals surface area contributed by atoms with Crippen molar-refractivity contribution in [3.05, 3.63) is 35.9 Å². The molecule has 1 aromatic rings. The topological polar surface area (TPSA) is 54.5 Å². The number of hydrogen-bond acceptors (Lipinski definition) is 3. The van der Waals surface area contributed by atoms with E-state index >= 15 is 0 Å². The van der Waals surface area contributed by atoms with E-state index in [1.807, 2.05) is 6.07 Å². The molecule has 3 fully saturated rings. The largest absolute Gasteiger partial charge is 0.268 e. The molecule has 0 aromatic heterocycles. The maximum absolute atomic E-state index is 12.8. The van der Waals surface area contributed by atoms with Gasteiger partial charge in [0.15, 0.2) is 0 Å². The summed E-state index contributed by atoms with van der Waals surface area (Å²) in [4.78, 5) is 12.8. The predicted molar refractivity (Wildman–Crippen MR) is 83.7 cm³/mol. The summed E-state index contributed by atoms with van der Waals surface area (Å²) in [6, 6.07) is 8.62. The third-order valence-corrected chi connectivity index (χ3v) is 8.53. The van der Waals surface area contributed by atoms with Gasteiger partial charge in [-0.2, -0.15) is 0 Å².